The standard InChI is InChI=1S/C24H38O4Si2/c1-25-23-15-11-21(12-16-23)9-7-19-27-30(5,6)28-29(3,4)20-8-10-22-13-17-24(26-2)18-14-22/h11-18H,7-10,19-20H2,1-6H3. The first-order valence-electron chi connectivity index (χ1n) is 10.8. The van der Waals surface area contributed by atoms with Crippen molar-refractivity contribution in [3.63, 3.8) is 0 Å². The van der Waals surface area contributed by atoms with Crippen LogP contribution in [-0.4, -0.2) is 37.7 Å². The van der Waals surface area contributed by atoms with E-state index in [0.717, 1.165) is 49.8 Å². The predicted octanol–water partition coefficient (Wildman–Crippen LogP) is 6.21. The minimum Gasteiger partial charge on any atom is -0.497 e. The van der Waals surface area contributed by atoms with Crippen LogP contribution >= 0.6 is 0 Å². The van der Waals surface area contributed by atoms with Crippen LogP contribution < -0.4 is 9.47 Å². The zero-order chi connectivity index (χ0) is 22.0. The van der Waals surface area contributed by atoms with Crippen LogP contribution in [0.4, 0.5) is 0 Å². The largest absolute Gasteiger partial charge is 0.497 e. The maximum atomic E-state index is 6.60. The van der Waals surface area contributed by atoms with Crippen molar-refractivity contribution in [1.29, 1.82) is 0 Å². The van der Waals surface area contributed by atoms with E-state index < -0.39 is 16.9 Å². The average Bonchev–Trinajstić information content (AvgIpc) is 2.71. The van der Waals surface area contributed by atoms with Crippen molar-refractivity contribution in [1.82, 2.24) is 0 Å². The fourth-order valence-corrected chi connectivity index (χ4v) is 11.3. The van der Waals surface area contributed by atoms with Gasteiger partial charge in [-0.15, -0.1) is 0 Å². The quantitative estimate of drug-likeness (QED) is 0.271. The van der Waals surface area contributed by atoms with Crippen LogP contribution in [0, 0.1) is 0 Å². The topological polar surface area (TPSA) is 36.9 Å². The van der Waals surface area contributed by atoms with Crippen LogP contribution in [-0.2, 0) is 21.4 Å². The number of ether oxygens (including phenoxy) is 2. The van der Waals surface area contributed by atoms with Crippen molar-refractivity contribution < 1.29 is 18.0 Å². The summed E-state index contributed by atoms with van der Waals surface area (Å²) in [5.41, 5.74) is 2.67. The molecular formula is C24H38O4Si2. The highest BCUT2D eigenvalue weighted by Gasteiger charge is 2.34. The lowest BCUT2D eigenvalue weighted by Crippen LogP contribution is -2.46. The molecule has 0 bridgehead atoms. The lowest BCUT2D eigenvalue weighted by Gasteiger charge is -2.33. The number of rotatable bonds is 13. The zero-order valence-electron chi connectivity index (χ0n) is 19.5. The van der Waals surface area contributed by atoms with E-state index in [1.165, 1.54) is 11.1 Å². The maximum absolute atomic E-state index is 6.60. The summed E-state index contributed by atoms with van der Waals surface area (Å²) in [5.74, 6) is 1.81. The van der Waals surface area contributed by atoms with Crippen molar-refractivity contribution in [2.24, 2.45) is 0 Å². The molecule has 2 rings (SSSR count). The van der Waals surface area contributed by atoms with E-state index in [2.05, 4.69) is 50.5 Å². The first kappa shape index (κ1) is 24.7. The van der Waals surface area contributed by atoms with Gasteiger partial charge in [-0.2, -0.15) is 0 Å². The molecule has 0 saturated heterocycles. The van der Waals surface area contributed by atoms with E-state index in [1.807, 2.05) is 24.3 Å². The minimum atomic E-state index is -2.11. The molecule has 2 aromatic carbocycles. The molecule has 0 radical (unpaired) electrons. The molecular weight excluding hydrogens is 408 g/mol. The van der Waals surface area contributed by atoms with Crippen molar-refractivity contribution in [3.8, 4) is 11.5 Å². The summed E-state index contributed by atoms with van der Waals surface area (Å²) in [7, 11) is -0.459. The van der Waals surface area contributed by atoms with Gasteiger partial charge in [-0.05, 0) is 93.3 Å². The number of hydrogen-bond acceptors (Lipinski definition) is 4. The molecule has 0 N–H and O–H groups in total. The van der Waals surface area contributed by atoms with Gasteiger partial charge in [0.2, 0.25) is 0 Å². The van der Waals surface area contributed by atoms with E-state index in [1.54, 1.807) is 14.2 Å². The summed E-state index contributed by atoms with van der Waals surface area (Å²) in [5, 5.41) is 0. The molecule has 2 aromatic rings. The molecule has 0 aliphatic heterocycles. The number of methoxy groups -OCH3 is 2. The first-order valence-corrected chi connectivity index (χ1v) is 16.8. The molecule has 4 nitrogen and oxygen atoms in total. The van der Waals surface area contributed by atoms with Crippen molar-refractivity contribution in [3.05, 3.63) is 59.7 Å². The molecule has 0 aliphatic carbocycles. The fraction of sp³-hybridized carbons (Fsp3) is 0.500. The molecule has 0 fully saturated rings. The summed E-state index contributed by atoms with van der Waals surface area (Å²) < 4.78 is 23.3. The highest BCUT2D eigenvalue weighted by Crippen LogP contribution is 2.23. The summed E-state index contributed by atoms with van der Waals surface area (Å²) in [6, 6.07) is 17.8. The van der Waals surface area contributed by atoms with E-state index in [9.17, 15) is 0 Å². The zero-order valence-corrected chi connectivity index (χ0v) is 21.5. The van der Waals surface area contributed by atoms with Crippen LogP contribution in [0.3, 0.4) is 0 Å². The predicted molar refractivity (Wildman–Crippen MR) is 129 cm³/mol. The molecule has 0 aromatic heterocycles. The van der Waals surface area contributed by atoms with Gasteiger partial charge in [0.1, 0.15) is 11.5 Å². The second kappa shape index (κ2) is 11.7. The van der Waals surface area contributed by atoms with Gasteiger partial charge in [0.15, 0.2) is 8.32 Å². The van der Waals surface area contributed by atoms with Crippen LogP contribution in [0.1, 0.15) is 24.0 Å². The Hall–Kier alpha value is -1.61. The Bertz CT molecular complexity index is 743. The molecule has 166 valence electrons. The first-order chi connectivity index (χ1) is 14.2. The van der Waals surface area contributed by atoms with Crippen LogP contribution in [0.25, 0.3) is 0 Å². The van der Waals surface area contributed by atoms with Gasteiger partial charge in [0.05, 0.1) is 14.2 Å². The molecule has 0 saturated carbocycles. The number of hydrogen-bond donors (Lipinski definition) is 0. The molecule has 0 spiro atoms. The Morgan fingerprint density at radius 3 is 1.60 bits per heavy atom. The van der Waals surface area contributed by atoms with E-state index in [-0.39, 0.29) is 0 Å². The third-order valence-corrected chi connectivity index (χ3v) is 11.8. The Morgan fingerprint density at radius 1 is 0.667 bits per heavy atom. The summed E-state index contributed by atoms with van der Waals surface area (Å²) in [4.78, 5) is 0. The molecule has 0 aliphatic rings. The van der Waals surface area contributed by atoms with Gasteiger partial charge < -0.3 is 18.0 Å². The maximum Gasteiger partial charge on any atom is 0.321 e. The van der Waals surface area contributed by atoms with Crippen molar-refractivity contribution in [2.75, 3.05) is 20.8 Å². The Balaban J connectivity index is 1.69. The normalized spacial score (nSPS) is 12.1. The van der Waals surface area contributed by atoms with Gasteiger partial charge >= 0.3 is 8.56 Å². The number of benzene rings is 2. The minimum absolute atomic E-state index is 0.752. The lowest BCUT2D eigenvalue weighted by atomic mass is 10.1. The van der Waals surface area contributed by atoms with E-state index >= 15 is 0 Å². The lowest BCUT2D eigenvalue weighted by molar-refractivity contribution is 0.241. The highest BCUT2D eigenvalue weighted by molar-refractivity contribution is 6.82. The Morgan fingerprint density at radius 2 is 1.13 bits per heavy atom. The molecule has 0 unspecified atom stereocenters. The summed E-state index contributed by atoms with van der Waals surface area (Å²) >= 11 is 0. The fourth-order valence-electron chi connectivity index (χ4n) is 3.64. The smallest absolute Gasteiger partial charge is 0.321 e. The van der Waals surface area contributed by atoms with Crippen LogP contribution in [0.15, 0.2) is 48.5 Å². The van der Waals surface area contributed by atoms with Crippen molar-refractivity contribution in [2.45, 2.75) is 57.9 Å². The molecule has 0 amide bonds. The summed E-state index contributed by atoms with van der Waals surface area (Å²) in [6.07, 6.45) is 4.24. The van der Waals surface area contributed by atoms with Gasteiger partial charge in [0, 0.05) is 6.61 Å². The Labute approximate surface area is 184 Å². The van der Waals surface area contributed by atoms with Crippen molar-refractivity contribution >= 4 is 16.9 Å². The third kappa shape index (κ3) is 9.04. The third-order valence-electron chi connectivity index (χ3n) is 5.14. The van der Waals surface area contributed by atoms with Gasteiger partial charge in [-0.25, -0.2) is 0 Å². The molecule has 30 heavy (non-hydrogen) atoms. The van der Waals surface area contributed by atoms with E-state index in [4.69, 9.17) is 18.0 Å². The van der Waals surface area contributed by atoms with Gasteiger partial charge in [0.25, 0.3) is 0 Å². The molecule has 0 heterocycles. The highest BCUT2D eigenvalue weighted by atomic mass is 28.4. The monoisotopic (exact) mass is 446 g/mol. The van der Waals surface area contributed by atoms with Crippen LogP contribution in [0.2, 0.25) is 32.2 Å². The van der Waals surface area contributed by atoms with Gasteiger partial charge in [-0.1, -0.05) is 24.3 Å². The van der Waals surface area contributed by atoms with Gasteiger partial charge in [-0.3, -0.25) is 0 Å². The molecule has 0 atom stereocenters. The van der Waals surface area contributed by atoms with Crippen LogP contribution in [0.5, 0.6) is 11.5 Å². The second-order valence-electron chi connectivity index (χ2n) is 8.76. The molecule has 6 heteroatoms. The second-order valence-corrected chi connectivity index (χ2v) is 16.7. The summed E-state index contributed by atoms with van der Waals surface area (Å²) in [6.45, 7) is 9.74. The Kier molecular flexibility index (Phi) is 9.61. The SMILES string of the molecule is COc1ccc(CCCO[Si](C)(C)O[Si](C)(C)CCCc2ccc(OC)cc2)cc1. The average molecular weight is 447 g/mol. The van der Waals surface area contributed by atoms with E-state index in [0.29, 0.717) is 0 Å². The number of aryl methyl sites for hydroxylation is 2.